The van der Waals surface area contributed by atoms with E-state index in [0.717, 1.165) is 11.8 Å². The number of nitrogens with zero attached hydrogens (tertiary/aromatic N) is 2. The summed E-state index contributed by atoms with van der Waals surface area (Å²) in [5.74, 6) is 1.24. The summed E-state index contributed by atoms with van der Waals surface area (Å²) >= 11 is 0. The van der Waals surface area contributed by atoms with Gasteiger partial charge in [0.25, 0.3) is 0 Å². The number of aliphatic hydroxyl groups excluding tert-OH is 1. The number of carbonyl (C=O) groups is 1. The van der Waals surface area contributed by atoms with E-state index in [-0.39, 0.29) is 13.2 Å². The molecule has 1 heterocycles. The van der Waals surface area contributed by atoms with E-state index in [9.17, 15) is 9.90 Å². The summed E-state index contributed by atoms with van der Waals surface area (Å²) in [7, 11) is 0. The molecule has 0 amide bonds. The van der Waals surface area contributed by atoms with Crippen LogP contribution in [0, 0.1) is 0 Å². The Morgan fingerprint density at radius 2 is 1.88 bits per heavy atom. The number of nitrogens with one attached hydrogen (secondary N) is 1. The highest BCUT2D eigenvalue weighted by Gasteiger charge is 2.11. The van der Waals surface area contributed by atoms with Crippen molar-refractivity contribution in [3.8, 4) is 17.0 Å². The molecule has 2 aromatic carbocycles. The maximum atomic E-state index is 11.0. The number of rotatable bonds is 8. The van der Waals surface area contributed by atoms with Crippen molar-refractivity contribution in [1.82, 2.24) is 9.97 Å². The number of benzene rings is 2. The number of carbonyl (C=O) groups excluding carboxylic acids is 1. The van der Waals surface area contributed by atoms with Crippen molar-refractivity contribution >= 4 is 12.1 Å². The third-order valence-electron chi connectivity index (χ3n) is 3.69. The highest BCUT2D eigenvalue weighted by molar-refractivity contribution is 5.80. The average Bonchev–Trinajstić information content (AvgIpc) is 2.71. The Morgan fingerprint density at radius 1 is 1.08 bits per heavy atom. The van der Waals surface area contributed by atoms with Gasteiger partial charge in [0, 0.05) is 30.1 Å². The summed E-state index contributed by atoms with van der Waals surface area (Å²) in [5.41, 5.74) is 1.96. The van der Waals surface area contributed by atoms with Gasteiger partial charge in [-0.2, -0.15) is 0 Å². The zero-order valence-corrected chi connectivity index (χ0v) is 14.1. The molecule has 26 heavy (non-hydrogen) atoms. The fourth-order valence-corrected chi connectivity index (χ4v) is 2.42. The Kier molecular flexibility index (Phi) is 5.90. The summed E-state index contributed by atoms with van der Waals surface area (Å²) < 4.78 is 5.54. The summed E-state index contributed by atoms with van der Waals surface area (Å²) in [6.07, 6.45) is 3.23. The van der Waals surface area contributed by atoms with E-state index in [1.54, 1.807) is 30.6 Å². The molecule has 0 aliphatic heterocycles. The number of aldehydes is 1. The molecule has 1 aromatic heterocycles. The van der Waals surface area contributed by atoms with E-state index < -0.39 is 6.10 Å². The molecule has 1 unspecified atom stereocenters. The zero-order valence-electron chi connectivity index (χ0n) is 14.1. The van der Waals surface area contributed by atoms with Crippen LogP contribution in [0.1, 0.15) is 10.4 Å². The molecule has 0 bridgehead atoms. The van der Waals surface area contributed by atoms with Crippen LogP contribution < -0.4 is 10.1 Å². The minimum Gasteiger partial charge on any atom is -0.491 e. The van der Waals surface area contributed by atoms with Gasteiger partial charge in [0.1, 0.15) is 30.4 Å². The molecule has 0 aliphatic rings. The summed E-state index contributed by atoms with van der Waals surface area (Å²) in [6, 6.07) is 16.4. The lowest BCUT2D eigenvalue weighted by Crippen LogP contribution is -2.26. The highest BCUT2D eigenvalue weighted by atomic mass is 16.5. The van der Waals surface area contributed by atoms with Crippen LogP contribution in [0.5, 0.6) is 5.75 Å². The van der Waals surface area contributed by atoms with E-state index in [2.05, 4.69) is 15.3 Å². The van der Waals surface area contributed by atoms with Crippen LogP contribution in [0.4, 0.5) is 5.82 Å². The Labute approximate surface area is 151 Å². The quantitative estimate of drug-likeness (QED) is 0.609. The molecule has 6 nitrogen and oxygen atoms in total. The molecule has 0 spiro atoms. The van der Waals surface area contributed by atoms with Crippen molar-refractivity contribution in [3.05, 3.63) is 72.6 Å². The fraction of sp³-hybridized carbons (Fsp3) is 0.150. The van der Waals surface area contributed by atoms with Crippen molar-refractivity contribution in [2.45, 2.75) is 6.10 Å². The van der Waals surface area contributed by atoms with Gasteiger partial charge in [0.15, 0.2) is 5.82 Å². The minimum atomic E-state index is -0.716. The lowest BCUT2D eigenvalue weighted by molar-refractivity contribution is 0.112. The Hall–Kier alpha value is -3.25. The van der Waals surface area contributed by atoms with E-state index in [1.165, 1.54) is 0 Å². The fourth-order valence-electron chi connectivity index (χ4n) is 2.42. The van der Waals surface area contributed by atoms with Crippen LogP contribution in [0.2, 0.25) is 0 Å². The zero-order chi connectivity index (χ0) is 18.2. The molecule has 0 radical (unpaired) electrons. The second-order valence-electron chi connectivity index (χ2n) is 5.66. The number of hydrogen-bond acceptors (Lipinski definition) is 6. The Balaban J connectivity index is 1.64. The molecular weight excluding hydrogens is 330 g/mol. The summed E-state index contributed by atoms with van der Waals surface area (Å²) in [4.78, 5) is 19.6. The van der Waals surface area contributed by atoms with Gasteiger partial charge in [-0.3, -0.25) is 9.78 Å². The van der Waals surface area contributed by atoms with E-state index in [0.29, 0.717) is 22.8 Å². The SMILES string of the molecule is O=Cc1cccc(-c2nccnc2NCC(O)COc2ccccc2)c1. The number of ether oxygens (including phenoxy) is 1. The molecular formula is C20H19N3O3. The Morgan fingerprint density at radius 3 is 2.69 bits per heavy atom. The first kappa shape index (κ1) is 17.6. The van der Waals surface area contributed by atoms with Gasteiger partial charge in [0.2, 0.25) is 0 Å². The minimum absolute atomic E-state index is 0.160. The van der Waals surface area contributed by atoms with Gasteiger partial charge in [-0.1, -0.05) is 36.4 Å². The number of para-hydroxylation sites is 1. The first-order valence-corrected chi connectivity index (χ1v) is 8.22. The second-order valence-corrected chi connectivity index (χ2v) is 5.66. The first-order valence-electron chi connectivity index (χ1n) is 8.22. The molecule has 0 fully saturated rings. The topological polar surface area (TPSA) is 84.3 Å². The molecule has 6 heteroatoms. The van der Waals surface area contributed by atoms with Gasteiger partial charge in [-0.25, -0.2) is 4.98 Å². The predicted molar refractivity (Wildman–Crippen MR) is 99.3 cm³/mol. The number of aliphatic hydroxyl groups is 1. The third kappa shape index (κ3) is 4.64. The van der Waals surface area contributed by atoms with Crippen molar-refractivity contribution < 1.29 is 14.6 Å². The lowest BCUT2D eigenvalue weighted by Gasteiger charge is -2.15. The van der Waals surface area contributed by atoms with Crippen LogP contribution in [-0.4, -0.2) is 40.6 Å². The van der Waals surface area contributed by atoms with Crippen LogP contribution in [0.25, 0.3) is 11.3 Å². The van der Waals surface area contributed by atoms with Crippen molar-refractivity contribution in [3.63, 3.8) is 0 Å². The van der Waals surface area contributed by atoms with Gasteiger partial charge in [-0.05, 0) is 18.2 Å². The number of hydrogen-bond donors (Lipinski definition) is 2. The number of aromatic nitrogens is 2. The molecule has 2 N–H and O–H groups in total. The molecule has 1 atom stereocenters. The maximum absolute atomic E-state index is 11.0. The summed E-state index contributed by atoms with van der Waals surface area (Å²) in [5, 5.41) is 13.2. The van der Waals surface area contributed by atoms with Crippen LogP contribution >= 0.6 is 0 Å². The molecule has 132 valence electrons. The van der Waals surface area contributed by atoms with Crippen molar-refractivity contribution in [2.75, 3.05) is 18.5 Å². The van der Waals surface area contributed by atoms with Crippen LogP contribution in [0.3, 0.4) is 0 Å². The average molecular weight is 349 g/mol. The van der Waals surface area contributed by atoms with Gasteiger partial charge in [0.05, 0.1) is 0 Å². The second kappa shape index (κ2) is 8.73. The van der Waals surface area contributed by atoms with Gasteiger partial charge in [-0.15, -0.1) is 0 Å². The summed E-state index contributed by atoms with van der Waals surface area (Å²) in [6.45, 7) is 0.416. The maximum Gasteiger partial charge on any atom is 0.152 e. The monoisotopic (exact) mass is 349 g/mol. The standard InChI is InChI=1S/C20H19N3O3/c24-13-15-5-4-6-16(11-15)19-20(22-10-9-21-19)23-12-17(25)14-26-18-7-2-1-3-8-18/h1-11,13,17,25H,12,14H2,(H,22,23). The lowest BCUT2D eigenvalue weighted by atomic mass is 10.1. The van der Waals surface area contributed by atoms with E-state index in [1.807, 2.05) is 36.4 Å². The molecule has 0 saturated carbocycles. The smallest absolute Gasteiger partial charge is 0.152 e. The normalized spacial score (nSPS) is 11.6. The first-order chi connectivity index (χ1) is 12.8. The highest BCUT2D eigenvalue weighted by Crippen LogP contribution is 2.24. The molecule has 3 rings (SSSR count). The van der Waals surface area contributed by atoms with E-state index in [4.69, 9.17) is 4.74 Å². The van der Waals surface area contributed by atoms with E-state index >= 15 is 0 Å². The molecule has 0 saturated heterocycles. The molecule has 0 aliphatic carbocycles. The molecule has 3 aromatic rings. The van der Waals surface area contributed by atoms with Crippen LogP contribution in [-0.2, 0) is 0 Å². The van der Waals surface area contributed by atoms with Gasteiger partial charge >= 0.3 is 0 Å². The predicted octanol–water partition coefficient (Wildman–Crippen LogP) is 2.81. The van der Waals surface area contributed by atoms with Gasteiger partial charge < -0.3 is 15.2 Å². The van der Waals surface area contributed by atoms with Crippen molar-refractivity contribution in [2.24, 2.45) is 0 Å². The number of anilines is 1. The van der Waals surface area contributed by atoms with Crippen molar-refractivity contribution in [1.29, 1.82) is 0 Å². The van der Waals surface area contributed by atoms with Crippen LogP contribution in [0.15, 0.2) is 67.0 Å². The third-order valence-corrected chi connectivity index (χ3v) is 3.69. The largest absolute Gasteiger partial charge is 0.491 e. The Bertz CT molecular complexity index is 856.